The first-order valence-corrected chi connectivity index (χ1v) is 10.9. The molecular weight excluding hydrogens is 431 g/mol. The third kappa shape index (κ3) is 6.07. The van der Waals surface area contributed by atoms with Gasteiger partial charge in [-0.1, -0.05) is 31.5 Å². The highest BCUT2D eigenvalue weighted by Gasteiger charge is 2.31. The van der Waals surface area contributed by atoms with Gasteiger partial charge in [0.15, 0.2) is 0 Å². The summed E-state index contributed by atoms with van der Waals surface area (Å²) in [5, 5.41) is 15.1. The molecule has 0 bridgehead atoms. The molecule has 1 unspecified atom stereocenters. The first kappa shape index (κ1) is 24.6. The fourth-order valence-electron chi connectivity index (χ4n) is 3.92. The number of carbonyl (C=O) groups is 1. The van der Waals surface area contributed by atoms with Crippen LogP contribution in [0.25, 0.3) is 10.9 Å². The molecule has 1 heterocycles. The van der Waals surface area contributed by atoms with Crippen molar-refractivity contribution >= 4 is 22.5 Å². The number of ketones is 1. The summed E-state index contributed by atoms with van der Waals surface area (Å²) in [5.41, 5.74) is -0.0919. The van der Waals surface area contributed by atoms with Gasteiger partial charge in [-0.3, -0.25) is 0 Å². The number of nitrogens with zero attached hydrogens (tertiary/aromatic N) is 2. The zero-order valence-electron chi connectivity index (χ0n) is 19.0. The van der Waals surface area contributed by atoms with Crippen LogP contribution >= 0.6 is 0 Å². The van der Waals surface area contributed by atoms with Crippen LogP contribution in [0.1, 0.15) is 62.0 Å². The summed E-state index contributed by atoms with van der Waals surface area (Å²) in [6.45, 7) is 5.35. The lowest BCUT2D eigenvalue weighted by Gasteiger charge is -2.28. The zero-order chi connectivity index (χ0) is 24.2. The van der Waals surface area contributed by atoms with Crippen molar-refractivity contribution in [2.75, 3.05) is 5.32 Å². The van der Waals surface area contributed by atoms with E-state index in [-0.39, 0.29) is 18.7 Å². The number of hydrogen-bond acceptors (Lipinski definition) is 5. The maximum atomic E-state index is 13.0. The summed E-state index contributed by atoms with van der Waals surface area (Å²) in [6.07, 6.45) is -2.61. The molecule has 8 heteroatoms. The molecule has 3 rings (SSSR count). The highest BCUT2D eigenvalue weighted by Crippen LogP contribution is 2.35. The van der Waals surface area contributed by atoms with Crippen molar-refractivity contribution in [3.8, 4) is 0 Å². The third-order valence-corrected chi connectivity index (χ3v) is 5.61. The van der Waals surface area contributed by atoms with Gasteiger partial charge in [-0.15, -0.1) is 0 Å². The molecule has 3 aromatic rings. The monoisotopic (exact) mass is 459 g/mol. The van der Waals surface area contributed by atoms with Gasteiger partial charge in [-0.05, 0) is 62.1 Å². The minimum Gasteiger partial charge on any atom is -0.385 e. The summed E-state index contributed by atoms with van der Waals surface area (Å²) < 4.78 is 39.1. The first-order valence-electron chi connectivity index (χ1n) is 10.9. The number of aliphatic hydroxyl groups is 1. The van der Waals surface area contributed by atoms with Gasteiger partial charge in [0.1, 0.15) is 17.4 Å². The number of benzene rings is 2. The van der Waals surface area contributed by atoms with Crippen LogP contribution in [0.4, 0.5) is 19.0 Å². The Labute approximate surface area is 191 Å². The van der Waals surface area contributed by atoms with Gasteiger partial charge in [0.2, 0.25) is 0 Å². The lowest BCUT2D eigenvalue weighted by atomic mass is 9.84. The molecule has 1 atom stereocenters. The Morgan fingerprint density at radius 3 is 2.48 bits per heavy atom. The van der Waals surface area contributed by atoms with Gasteiger partial charge < -0.3 is 15.2 Å². The van der Waals surface area contributed by atoms with Gasteiger partial charge >= 0.3 is 6.18 Å². The highest BCUT2D eigenvalue weighted by molar-refractivity contribution is 5.89. The van der Waals surface area contributed by atoms with E-state index in [1.165, 1.54) is 13.0 Å². The Hall–Kier alpha value is -3.00. The van der Waals surface area contributed by atoms with E-state index in [0.717, 1.165) is 18.6 Å². The van der Waals surface area contributed by atoms with Crippen molar-refractivity contribution in [1.82, 2.24) is 9.97 Å². The molecule has 2 N–H and O–H groups in total. The predicted molar refractivity (Wildman–Crippen MR) is 122 cm³/mol. The Kier molecular flexibility index (Phi) is 7.37. The van der Waals surface area contributed by atoms with Gasteiger partial charge in [-0.25, -0.2) is 9.97 Å². The Morgan fingerprint density at radius 1 is 1.06 bits per heavy atom. The summed E-state index contributed by atoms with van der Waals surface area (Å²) in [5.74, 6) is 0.997. The summed E-state index contributed by atoms with van der Waals surface area (Å²) in [4.78, 5) is 20.4. The molecular formula is C25H28F3N3O2. The van der Waals surface area contributed by atoms with E-state index in [4.69, 9.17) is 0 Å². The van der Waals surface area contributed by atoms with E-state index >= 15 is 0 Å². The van der Waals surface area contributed by atoms with Crippen molar-refractivity contribution in [3.05, 3.63) is 65.0 Å². The molecule has 0 saturated heterocycles. The normalized spacial score (nSPS) is 13.7. The number of halogens is 3. The summed E-state index contributed by atoms with van der Waals surface area (Å²) in [7, 11) is 0. The Morgan fingerprint density at radius 2 is 1.82 bits per heavy atom. The molecule has 0 spiro atoms. The smallest absolute Gasteiger partial charge is 0.385 e. The number of anilines is 1. The molecule has 0 aliphatic heterocycles. The van der Waals surface area contributed by atoms with Crippen molar-refractivity contribution < 1.29 is 23.1 Å². The fraction of sp³-hybridized carbons (Fsp3) is 0.400. The van der Waals surface area contributed by atoms with Crippen LogP contribution < -0.4 is 5.32 Å². The molecule has 176 valence electrons. The quantitative estimate of drug-likeness (QED) is 0.415. The van der Waals surface area contributed by atoms with Crippen LogP contribution in [-0.2, 0) is 23.1 Å². The van der Waals surface area contributed by atoms with E-state index in [9.17, 15) is 23.1 Å². The summed E-state index contributed by atoms with van der Waals surface area (Å²) in [6, 6.07) is 10.5. The summed E-state index contributed by atoms with van der Waals surface area (Å²) >= 11 is 0. The van der Waals surface area contributed by atoms with E-state index in [0.29, 0.717) is 46.5 Å². The zero-order valence-corrected chi connectivity index (χ0v) is 19.0. The second kappa shape index (κ2) is 9.87. The number of aromatic nitrogens is 2. The number of hydrogen-bond donors (Lipinski definition) is 2. The fourth-order valence-corrected chi connectivity index (χ4v) is 3.92. The Balaban J connectivity index is 1.96. The van der Waals surface area contributed by atoms with Gasteiger partial charge in [0, 0.05) is 18.4 Å². The van der Waals surface area contributed by atoms with Crippen LogP contribution in [0.5, 0.6) is 0 Å². The second-order valence-corrected chi connectivity index (χ2v) is 8.39. The number of Topliss-reactive ketones (excluding diaryl/α,β-unsaturated/α-hetero) is 1. The van der Waals surface area contributed by atoms with Crippen molar-refractivity contribution in [1.29, 1.82) is 0 Å². The number of carbonyl (C=O) groups excluding carboxylic acids is 1. The van der Waals surface area contributed by atoms with Crippen molar-refractivity contribution in [2.24, 2.45) is 0 Å². The van der Waals surface area contributed by atoms with Crippen LogP contribution in [0, 0.1) is 6.92 Å². The average molecular weight is 460 g/mol. The number of fused-ring (bicyclic) bond motifs is 1. The maximum Gasteiger partial charge on any atom is 0.416 e. The van der Waals surface area contributed by atoms with E-state index in [1.807, 2.05) is 6.92 Å². The standard InChI is InChI=1S/C25H28F3N3O2/c1-4-11-24(33,12-10-16(2)32)19-8-9-22-21(14-19)23(31-17(3)30-22)29-15-18-6-5-7-20(13-18)25(26,27)28/h5-9,13-14,33H,4,10-12,15H2,1-3H3,(H,29,30,31). The highest BCUT2D eigenvalue weighted by atomic mass is 19.4. The van der Waals surface area contributed by atoms with Crippen molar-refractivity contribution in [2.45, 2.75) is 64.8 Å². The molecule has 33 heavy (non-hydrogen) atoms. The lowest BCUT2D eigenvalue weighted by Crippen LogP contribution is -2.26. The average Bonchev–Trinajstić information content (AvgIpc) is 2.75. The maximum absolute atomic E-state index is 13.0. The van der Waals surface area contributed by atoms with Crippen LogP contribution in [-0.4, -0.2) is 20.9 Å². The van der Waals surface area contributed by atoms with Gasteiger partial charge in [0.25, 0.3) is 0 Å². The molecule has 0 fully saturated rings. The second-order valence-electron chi connectivity index (χ2n) is 8.39. The van der Waals surface area contributed by atoms with Crippen molar-refractivity contribution in [3.63, 3.8) is 0 Å². The van der Waals surface area contributed by atoms with Gasteiger partial charge in [-0.2, -0.15) is 13.2 Å². The molecule has 0 amide bonds. The Bertz CT molecular complexity index is 1150. The van der Waals surface area contributed by atoms with Crippen LogP contribution in [0.2, 0.25) is 0 Å². The number of nitrogens with one attached hydrogen (secondary N) is 1. The third-order valence-electron chi connectivity index (χ3n) is 5.61. The molecule has 5 nitrogen and oxygen atoms in total. The van der Waals surface area contributed by atoms with E-state index in [1.54, 1.807) is 31.2 Å². The molecule has 0 aliphatic carbocycles. The minimum atomic E-state index is -4.41. The topological polar surface area (TPSA) is 75.1 Å². The molecule has 1 aromatic heterocycles. The molecule has 2 aromatic carbocycles. The lowest BCUT2D eigenvalue weighted by molar-refractivity contribution is -0.137. The minimum absolute atomic E-state index is 0.00715. The van der Waals surface area contributed by atoms with Gasteiger partial charge in [0.05, 0.1) is 16.7 Å². The first-order chi connectivity index (χ1) is 15.5. The SMILES string of the molecule is CCCC(O)(CCC(C)=O)c1ccc2nc(C)nc(NCc3cccc(C(F)(F)F)c3)c2c1. The number of aryl methyl sites for hydroxylation is 1. The molecule has 0 radical (unpaired) electrons. The molecule has 0 aliphatic rings. The number of rotatable bonds is 9. The largest absolute Gasteiger partial charge is 0.416 e. The molecule has 0 saturated carbocycles. The van der Waals surface area contributed by atoms with Crippen LogP contribution in [0.3, 0.4) is 0 Å². The van der Waals surface area contributed by atoms with E-state index in [2.05, 4.69) is 15.3 Å². The van der Waals surface area contributed by atoms with E-state index < -0.39 is 17.3 Å². The van der Waals surface area contributed by atoms with Crippen LogP contribution in [0.15, 0.2) is 42.5 Å². The predicted octanol–water partition coefficient (Wildman–Crippen LogP) is 5.93. The number of alkyl halides is 3.